The largest absolute Gasteiger partial charge is 0.398 e. The summed E-state index contributed by atoms with van der Waals surface area (Å²) >= 11 is 1.45. The minimum atomic E-state index is -0.750. The third-order valence-electron chi connectivity index (χ3n) is 5.47. The molecule has 1 saturated heterocycles. The molecule has 4 heterocycles. The van der Waals surface area contributed by atoms with Crippen molar-refractivity contribution in [2.24, 2.45) is 5.92 Å². The minimum Gasteiger partial charge on any atom is -0.398 e. The second-order valence-electron chi connectivity index (χ2n) is 8.02. The highest BCUT2D eigenvalue weighted by Gasteiger charge is 2.34. The molecule has 0 bridgehead atoms. The van der Waals surface area contributed by atoms with E-state index < -0.39 is 5.60 Å². The molecular weight excluding hydrogens is 398 g/mol. The first-order valence-corrected chi connectivity index (χ1v) is 10.6. The van der Waals surface area contributed by atoms with E-state index in [1.807, 2.05) is 26.2 Å². The first kappa shape index (κ1) is 20.2. The number of nitrogen functional groups attached to an aromatic ring is 1. The lowest BCUT2D eigenvalue weighted by molar-refractivity contribution is 0.0263. The summed E-state index contributed by atoms with van der Waals surface area (Å²) in [5.41, 5.74) is 8.29. The van der Waals surface area contributed by atoms with Gasteiger partial charge in [0.1, 0.15) is 33.7 Å². The second-order valence-corrected chi connectivity index (χ2v) is 8.91. The molecule has 1 aliphatic rings. The maximum Gasteiger partial charge on any atom is 0.150 e. The van der Waals surface area contributed by atoms with E-state index in [1.165, 1.54) is 11.3 Å². The molecule has 0 radical (unpaired) electrons. The molecule has 4 rings (SSSR count). The van der Waals surface area contributed by atoms with Crippen molar-refractivity contribution in [2.75, 3.05) is 23.7 Å². The van der Waals surface area contributed by atoms with Crippen LogP contribution in [0.15, 0.2) is 23.8 Å². The number of nitrogens with zero attached hydrogens (tertiary/aromatic N) is 6. The van der Waals surface area contributed by atoms with Gasteiger partial charge in [-0.3, -0.25) is 4.98 Å². The van der Waals surface area contributed by atoms with Gasteiger partial charge in [-0.25, -0.2) is 15.0 Å². The zero-order valence-corrected chi connectivity index (χ0v) is 17.9. The van der Waals surface area contributed by atoms with Crippen molar-refractivity contribution in [1.82, 2.24) is 19.9 Å². The SMILES string of the molecule is Cc1ncc(-c2nc(-c3nccs3)cc(N)c2C#N)nc1N1CCC(C(C)(C)O)C1. The van der Waals surface area contributed by atoms with Gasteiger partial charge in [-0.2, -0.15) is 5.26 Å². The Morgan fingerprint density at radius 1 is 1.30 bits per heavy atom. The first-order chi connectivity index (χ1) is 14.3. The number of aryl methyl sites for hydroxylation is 1. The third kappa shape index (κ3) is 3.72. The lowest BCUT2D eigenvalue weighted by Crippen LogP contribution is -2.33. The lowest BCUT2D eigenvalue weighted by Gasteiger charge is -2.26. The molecule has 30 heavy (non-hydrogen) atoms. The number of thiazole rings is 1. The Morgan fingerprint density at radius 2 is 2.10 bits per heavy atom. The summed E-state index contributed by atoms with van der Waals surface area (Å²) < 4.78 is 0. The Balaban J connectivity index is 1.77. The number of aliphatic hydroxyl groups is 1. The summed E-state index contributed by atoms with van der Waals surface area (Å²) in [6.45, 7) is 7.07. The number of hydrogen-bond acceptors (Lipinski definition) is 9. The average Bonchev–Trinajstić information content (AvgIpc) is 3.39. The van der Waals surface area contributed by atoms with Crippen LogP contribution in [0.3, 0.4) is 0 Å². The molecule has 3 aromatic rings. The van der Waals surface area contributed by atoms with E-state index in [4.69, 9.17) is 10.7 Å². The Bertz CT molecular complexity index is 1120. The molecule has 9 heteroatoms. The van der Waals surface area contributed by atoms with Crippen molar-refractivity contribution in [3.63, 3.8) is 0 Å². The average molecular weight is 422 g/mol. The molecule has 0 saturated carbocycles. The summed E-state index contributed by atoms with van der Waals surface area (Å²) in [5, 5.41) is 22.6. The van der Waals surface area contributed by atoms with Gasteiger partial charge in [-0.05, 0) is 33.3 Å². The number of pyridine rings is 1. The molecule has 8 nitrogen and oxygen atoms in total. The van der Waals surface area contributed by atoms with Crippen LogP contribution < -0.4 is 10.6 Å². The summed E-state index contributed by atoms with van der Waals surface area (Å²) in [5.74, 6) is 0.891. The van der Waals surface area contributed by atoms with Gasteiger partial charge < -0.3 is 15.7 Å². The maximum atomic E-state index is 10.4. The van der Waals surface area contributed by atoms with Crippen LogP contribution in [-0.4, -0.2) is 43.7 Å². The fraction of sp³-hybridized carbons (Fsp3) is 0.381. The molecule has 0 aliphatic carbocycles. The summed E-state index contributed by atoms with van der Waals surface area (Å²) in [6.07, 6.45) is 4.20. The van der Waals surface area contributed by atoms with Crippen molar-refractivity contribution >= 4 is 22.8 Å². The zero-order chi connectivity index (χ0) is 21.5. The van der Waals surface area contributed by atoms with E-state index in [1.54, 1.807) is 18.5 Å². The molecule has 1 aliphatic heterocycles. The second kappa shape index (κ2) is 7.63. The maximum absolute atomic E-state index is 10.4. The van der Waals surface area contributed by atoms with E-state index in [0.717, 1.165) is 29.5 Å². The highest BCUT2D eigenvalue weighted by Crippen LogP contribution is 2.34. The predicted molar refractivity (Wildman–Crippen MR) is 117 cm³/mol. The topological polar surface area (TPSA) is 125 Å². The first-order valence-electron chi connectivity index (χ1n) is 9.69. The fourth-order valence-corrected chi connectivity index (χ4v) is 4.31. The van der Waals surface area contributed by atoms with Gasteiger partial charge in [0.2, 0.25) is 0 Å². The van der Waals surface area contributed by atoms with Crippen LogP contribution in [0, 0.1) is 24.2 Å². The summed E-state index contributed by atoms with van der Waals surface area (Å²) in [6, 6.07) is 3.81. The minimum absolute atomic E-state index is 0.152. The molecule has 1 atom stereocenters. The van der Waals surface area contributed by atoms with Crippen LogP contribution in [0.5, 0.6) is 0 Å². The van der Waals surface area contributed by atoms with E-state index >= 15 is 0 Å². The number of rotatable bonds is 4. The van der Waals surface area contributed by atoms with Gasteiger partial charge in [-0.15, -0.1) is 11.3 Å². The number of nitriles is 1. The van der Waals surface area contributed by atoms with Crippen LogP contribution in [-0.2, 0) is 0 Å². The highest BCUT2D eigenvalue weighted by atomic mass is 32.1. The molecule has 3 N–H and O–H groups in total. The molecule has 3 aromatic heterocycles. The van der Waals surface area contributed by atoms with Gasteiger partial charge in [0.15, 0.2) is 5.82 Å². The van der Waals surface area contributed by atoms with Gasteiger partial charge in [-0.1, -0.05) is 0 Å². The number of nitrogens with two attached hydrogens (primary N) is 1. The Kier molecular flexibility index (Phi) is 5.13. The predicted octanol–water partition coefficient (Wildman–Crippen LogP) is 3.02. The third-order valence-corrected chi connectivity index (χ3v) is 6.27. The molecule has 0 amide bonds. The fourth-order valence-electron chi connectivity index (χ4n) is 3.71. The van der Waals surface area contributed by atoms with Crippen LogP contribution in [0.2, 0.25) is 0 Å². The zero-order valence-electron chi connectivity index (χ0n) is 17.1. The Labute approximate surface area is 179 Å². The molecule has 1 unspecified atom stereocenters. The molecule has 0 spiro atoms. The summed E-state index contributed by atoms with van der Waals surface area (Å²) in [7, 11) is 0. The van der Waals surface area contributed by atoms with Crippen LogP contribution in [0.25, 0.3) is 22.1 Å². The molecular formula is C21H23N7OS. The Morgan fingerprint density at radius 3 is 2.73 bits per heavy atom. The van der Waals surface area contributed by atoms with E-state index in [0.29, 0.717) is 29.3 Å². The normalized spacial score (nSPS) is 16.6. The number of aromatic nitrogens is 4. The molecule has 1 fully saturated rings. The molecule has 0 aromatic carbocycles. The van der Waals surface area contributed by atoms with E-state index in [-0.39, 0.29) is 11.5 Å². The van der Waals surface area contributed by atoms with Gasteiger partial charge in [0, 0.05) is 30.6 Å². The van der Waals surface area contributed by atoms with Gasteiger partial charge in [0.25, 0.3) is 0 Å². The quantitative estimate of drug-likeness (QED) is 0.658. The lowest BCUT2D eigenvalue weighted by atomic mass is 9.90. The summed E-state index contributed by atoms with van der Waals surface area (Å²) in [4.78, 5) is 20.4. The van der Waals surface area contributed by atoms with Crippen LogP contribution in [0.1, 0.15) is 31.5 Å². The standard InChI is InChI=1S/C21H23N7OS/c1-12-19(28-6-4-13(11-28)21(2,3)29)27-17(10-25-12)18-14(9-22)15(23)8-16(26-18)20-24-5-7-30-20/h5,7-8,10,13,29H,4,6,11H2,1-3H3,(H2,23,26). The number of hydrogen-bond donors (Lipinski definition) is 2. The van der Waals surface area contributed by atoms with Crippen LogP contribution in [0.4, 0.5) is 11.5 Å². The number of anilines is 2. The van der Waals surface area contributed by atoms with Crippen molar-refractivity contribution in [2.45, 2.75) is 32.8 Å². The Hall–Kier alpha value is -3.09. The smallest absolute Gasteiger partial charge is 0.150 e. The van der Waals surface area contributed by atoms with Crippen molar-refractivity contribution < 1.29 is 5.11 Å². The van der Waals surface area contributed by atoms with Crippen molar-refractivity contribution in [1.29, 1.82) is 5.26 Å². The van der Waals surface area contributed by atoms with Crippen LogP contribution >= 0.6 is 11.3 Å². The monoisotopic (exact) mass is 421 g/mol. The highest BCUT2D eigenvalue weighted by molar-refractivity contribution is 7.13. The van der Waals surface area contributed by atoms with Gasteiger partial charge in [0.05, 0.1) is 23.2 Å². The van der Waals surface area contributed by atoms with E-state index in [9.17, 15) is 10.4 Å². The van der Waals surface area contributed by atoms with Gasteiger partial charge >= 0.3 is 0 Å². The molecule has 154 valence electrons. The van der Waals surface area contributed by atoms with Crippen molar-refractivity contribution in [3.8, 4) is 28.2 Å². The van der Waals surface area contributed by atoms with E-state index in [2.05, 4.69) is 25.9 Å². The van der Waals surface area contributed by atoms with Crippen molar-refractivity contribution in [3.05, 3.63) is 35.1 Å².